The number of carbonyl (C=O) groups is 1. The maximum absolute atomic E-state index is 11.5. The number of rotatable bonds is 3. The number of hydrogen-bond acceptors (Lipinski definition) is 2. The summed E-state index contributed by atoms with van der Waals surface area (Å²) in [5, 5.41) is 8.47. The van der Waals surface area contributed by atoms with Crippen LogP contribution in [0.2, 0.25) is 0 Å². The molecule has 6 heteroatoms. The molecule has 0 radical (unpaired) electrons. The van der Waals surface area contributed by atoms with Crippen LogP contribution in [0.25, 0.3) is 0 Å². The summed E-state index contributed by atoms with van der Waals surface area (Å²) < 4.78 is 13.0. The minimum absolute atomic E-state index is 0.375. The van der Waals surface area contributed by atoms with E-state index in [-0.39, 0.29) is 5.75 Å². The van der Waals surface area contributed by atoms with Gasteiger partial charge in [-0.1, -0.05) is 15.9 Å². The van der Waals surface area contributed by atoms with Crippen molar-refractivity contribution < 1.29 is 14.1 Å². The van der Waals surface area contributed by atoms with Gasteiger partial charge in [0, 0.05) is 8.95 Å². The lowest BCUT2D eigenvalue weighted by atomic mass is 10.4. The van der Waals surface area contributed by atoms with E-state index in [1.165, 1.54) is 0 Å². The van der Waals surface area contributed by atoms with Gasteiger partial charge in [0.05, 0.1) is 15.7 Å². The zero-order valence-electron chi connectivity index (χ0n) is 6.87. The van der Waals surface area contributed by atoms with Crippen molar-refractivity contribution in [2.75, 3.05) is 5.75 Å². The van der Waals surface area contributed by atoms with Gasteiger partial charge in [-0.2, -0.15) is 0 Å². The largest absolute Gasteiger partial charge is 0.481 e. The first-order valence-corrected chi connectivity index (χ1v) is 6.46. The van der Waals surface area contributed by atoms with Crippen molar-refractivity contribution in [2.45, 2.75) is 4.90 Å². The van der Waals surface area contributed by atoms with Crippen molar-refractivity contribution in [2.24, 2.45) is 0 Å². The first kappa shape index (κ1) is 11.9. The second-order valence-electron chi connectivity index (χ2n) is 2.46. The predicted octanol–water partition coefficient (Wildman–Crippen LogP) is 2.40. The van der Waals surface area contributed by atoms with E-state index in [2.05, 4.69) is 31.9 Å². The number of halogens is 2. The molecule has 0 saturated carbocycles. The number of aliphatic carboxylic acids is 1. The Morgan fingerprint density at radius 2 is 2.07 bits per heavy atom. The Morgan fingerprint density at radius 1 is 1.43 bits per heavy atom. The summed E-state index contributed by atoms with van der Waals surface area (Å²) in [5.74, 6) is -1.45. The molecule has 0 bridgehead atoms. The third-order valence-corrected chi connectivity index (χ3v) is 4.16. The van der Waals surface area contributed by atoms with Gasteiger partial charge in [0.2, 0.25) is 0 Å². The van der Waals surface area contributed by atoms with E-state index in [0.29, 0.717) is 9.37 Å². The fourth-order valence-electron chi connectivity index (χ4n) is 0.850. The van der Waals surface area contributed by atoms with Crippen LogP contribution in [0.5, 0.6) is 0 Å². The van der Waals surface area contributed by atoms with Crippen molar-refractivity contribution >= 4 is 48.6 Å². The summed E-state index contributed by atoms with van der Waals surface area (Å²) in [6, 6.07) is 5.09. The highest BCUT2D eigenvalue weighted by atomic mass is 79.9. The van der Waals surface area contributed by atoms with Crippen molar-refractivity contribution in [3.05, 3.63) is 27.1 Å². The minimum Gasteiger partial charge on any atom is -0.481 e. The Bertz CT molecular complexity index is 392. The first-order valence-electron chi connectivity index (χ1n) is 3.56. The van der Waals surface area contributed by atoms with Crippen LogP contribution >= 0.6 is 31.9 Å². The van der Waals surface area contributed by atoms with Crippen molar-refractivity contribution in [1.29, 1.82) is 0 Å². The lowest BCUT2D eigenvalue weighted by Crippen LogP contribution is -2.09. The van der Waals surface area contributed by atoms with Gasteiger partial charge in [-0.25, -0.2) is 0 Å². The SMILES string of the molecule is O=C(O)CS(=O)c1ccc(Br)cc1Br. The number of carboxylic acids is 1. The van der Waals surface area contributed by atoms with Crippen LogP contribution in [0.15, 0.2) is 32.0 Å². The molecule has 76 valence electrons. The van der Waals surface area contributed by atoms with E-state index in [9.17, 15) is 9.00 Å². The third-order valence-electron chi connectivity index (χ3n) is 1.39. The van der Waals surface area contributed by atoms with E-state index >= 15 is 0 Å². The topological polar surface area (TPSA) is 54.4 Å². The van der Waals surface area contributed by atoms with Crippen molar-refractivity contribution in [3.63, 3.8) is 0 Å². The highest BCUT2D eigenvalue weighted by molar-refractivity contribution is 9.11. The highest BCUT2D eigenvalue weighted by Crippen LogP contribution is 2.24. The summed E-state index contributed by atoms with van der Waals surface area (Å²) in [4.78, 5) is 10.8. The maximum Gasteiger partial charge on any atom is 0.316 e. The van der Waals surface area contributed by atoms with Gasteiger partial charge >= 0.3 is 5.97 Å². The summed E-state index contributed by atoms with van der Waals surface area (Å²) in [6.07, 6.45) is 0. The lowest BCUT2D eigenvalue weighted by Gasteiger charge is -2.02. The molecular formula is C8H6Br2O3S. The number of benzene rings is 1. The quantitative estimate of drug-likeness (QED) is 0.918. The molecule has 3 nitrogen and oxygen atoms in total. The standard InChI is InChI=1S/C8H6Br2O3S/c9-5-1-2-7(6(10)3-5)14(13)4-8(11)12/h1-3H,4H2,(H,11,12). The van der Waals surface area contributed by atoms with E-state index < -0.39 is 16.8 Å². The Kier molecular flexibility index (Phi) is 4.28. The highest BCUT2D eigenvalue weighted by Gasteiger charge is 2.11. The smallest absolute Gasteiger partial charge is 0.316 e. The van der Waals surface area contributed by atoms with Gasteiger partial charge in [0.15, 0.2) is 0 Å². The summed E-state index contributed by atoms with van der Waals surface area (Å²) >= 11 is 6.47. The Morgan fingerprint density at radius 3 is 2.57 bits per heavy atom. The van der Waals surface area contributed by atoms with Crippen LogP contribution in [0.3, 0.4) is 0 Å². The molecule has 0 aliphatic carbocycles. The lowest BCUT2D eigenvalue weighted by molar-refractivity contribution is -0.133. The molecule has 0 aliphatic rings. The van der Waals surface area contributed by atoms with Gasteiger partial charge < -0.3 is 5.11 Å². The van der Waals surface area contributed by atoms with Crippen LogP contribution in [-0.2, 0) is 15.6 Å². The minimum atomic E-state index is -1.50. The van der Waals surface area contributed by atoms with Crippen molar-refractivity contribution in [1.82, 2.24) is 0 Å². The van der Waals surface area contributed by atoms with E-state index in [0.717, 1.165) is 4.47 Å². The van der Waals surface area contributed by atoms with Gasteiger partial charge in [-0.3, -0.25) is 9.00 Å². The molecule has 0 aromatic heterocycles. The molecular weight excluding hydrogens is 336 g/mol. The molecule has 1 unspecified atom stereocenters. The van der Waals surface area contributed by atoms with E-state index in [1.807, 2.05) is 0 Å². The monoisotopic (exact) mass is 340 g/mol. The third kappa shape index (κ3) is 3.18. The molecule has 0 amide bonds. The van der Waals surface area contributed by atoms with Gasteiger partial charge in [0.1, 0.15) is 5.75 Å². The average Bonchev–Trinajstić information content (AvgIpc) is 2.01. The summed E-state index contributed by atoms with van der Waals surface area (Å²) in [5.41, 5.74) is 0. The first-order chi connectivity index (χ1) is 6.50. The fraction of sp³-hybridized carbons (Fsp3) is 0.125. The fourth-order valence-corrected chi connectivity index (χ4v) is 3.31. The Labute approximate surface area is 100 Å². The molecule has 0 heterocycles. The molecule has 1 N–H and O–H groups in total. The van der Waals surface area contributed by atoms with Crippen LogP contribution < -0.4 is 0 Å². The number of hydrogen-bond donors (Lipinski definition) is 1. The summed E-state index contributed by atoms with van der Waals surface area (Å²) in [7, 11) is -1.50. The van der Waals surface area contributed by atoms with E-state index in [4.69, 9.17) is 5.11 Å². The van der Waals surface area contributed by atoms with Crippen LogP contribution in [0.4, 0.5) is 0 Å². The molecule has 0 aliphatic heterocycles. The molecule has 1 aromatic carbocycles. The normalized spacial score (nSPS) is 12.4. The van der Waals surface area contributed by atoms with Gasteiger partial charge in [-0.15, -0.1) is 0 Å². The average molecular weight is 342 g/mol. The zero-order valence-corrected chi connectivity index (χ0v) is 10.9. The predicted molar refractivity (Wildman–Crippen MR) is 60.8 cm³/mol. The van der Waals surface area contributed by atoms with Crippen LogP contribution in [0.1, 0.15) is 0 Å². The van der Waals surface area contributed by atoms with Crippen LogP contribution in [-0.4, -0.2) is 21.0 Å². The number of carboxylic acid groups (broad SMARTS) is 1. The maximum atomic E-state index is 11.5. The van der Waals surface area contributed by atoms with Crippen LogP contribution in [0, 0.1) is 0 Å². The molecule has 1 rings (SSSR count). The Hall–Kier alpha value is -0.200. The van der Waals surface area contributed by atoms with Crippen molar-refractivity contribution in [3.8, 4) is 0 Å². The second kappa shape index (κ2) is 5.04. The van der Waals surface area contributed by atoms with E-state index in [1.54, 1.807) is 18.2 Å². The molecule has 1 atom stereocenters. The second-order valence-corrected chi connectivity index (χ2v) is 5.65. The summed E-state index contributed by atoms with van der Waals surface area (Å²) in [6.45, 7) is 0. The molecule has 0 spiro atoms. The van der Waals surface area contributed by atoms with Gasteiger partial charge in [0.25, 0.3) is 0 Å². The molecule has 0 fully saturated rings. The van der Waals surface area contributed by atoms with Gasteiger partial charge in [-0.05, 0) is 34.1 Å². The molecule has 14 heavy (non-hydrogen) atoms. The molecule has 1 aromatic rings. The molecule has 0 saturated heterocycles. The zero-order chi connectivity index (χ0) is 10.7. The Balaban J connectivity index is 2.96.